The molecule has 0 fully saturated rings. The van der Waals surface area contributed by atoms with E-state index < -0.39 is 0 Å². The van der Waals surface area contributed by atoms with Crippen LogP contribution in [0.2, 0.25) is 0 Å². The summed E-state index contributed by atoms with van der Waals surface area (Å²) in [4.78, 5) is 11.1. The summed E-state index contributed by atoms with van der Waals surface area (Å²) in [6.45, 7) is 0.756. The van der Waals surface area contributed by atoms with Gasteiger partial charge in [0, 0.05) is 18.6 Å². The molecule has 0 saturated carbocycles. The summed E-state index contributed by atoms with van der Waals surface area (Å²) in [5.41, 5.74) is 2.06. The van der Waals surface area contributed by atoms with Gasteiger partial charge in [-0.15, -0.1) is 0 Å². The Balaban J connectivity index is 1.87. The first kappa shape index (κ1) is 11.7. The van der Waals surface area contributed by atoms with Crippen molar-refractivity contribution in [2.75, 3.05) is 11.9 Å². The van der Waals surface area contributed by atoms with Crippen molar-refractivity contribution < 1.29 is 0 Å². The van der Waals surface area contributed by atoms with Crippen molar-refractivity contribution in [2.45, 2.75) is 6.54 Å². The highest BCUT2D eigenvalue weighted by atomic mass is 15.2. The van der Waals surface area contributed by atoms with Crippen LogP contribution in [0.1, 0.15) is 5.69 Å². The van der Waals surface area contributed by atoms with E-state index in [1.54, 1.807) is 0 Å². The highest BCUT2D eigenvalue weighted by Gasteiger charge is 2.05. The molecule has 0 saturated heterocycles. The second-order valence-corrected chi connectivity index (χ2v) is 4.54. The number of aromatic nitrogens is 2. The number of nitrogens with zero attached hydrogens (tertiary/aromatic N) is 3. The first-order chi connectivity index (χ1) is 9.33. The van der Waals surface area contributed by atoms with E-state index in [0.29, 0.717) is 0 Å². The number of fused-ring (bicyclic) bond motifs is 1. The minimum absolute atomic E-state index is 0.756. The van der Waals surface area contributed by atoms with Crippen molar-refractivity contribution in [3.05, 3.63) is 66.5 Å². The van der Waals surface area contributed by atoms with Crippen LogP contribution in [0.25, 0.3) is 10.9 Å². The summed E-state index contributed by atoms with van der Waals surface area (Å²) in [7, 11) is 2.03. The van der Waals surface area contributed by atoms with Gasteiger partial charge in [-0.3, -0.25) is 4.98 Å². The Kier molecular flexibility index (Phi) is 3.11. The number of benzene rings is 1. The molecule has 1 aromatic carbocycles. The van der Waals surface area contributed by atoms with Crippen LogP contribution in [0.15, 0.2) is 60.8 Å². The van der Waals surface area contributed by atoms with Crippen LogP contribution in [0.4, 0.5) is 5.82 Å². The lowest BCUT2D eigenvalue weighted by molar-refractivity contribution is 0.869. The summed E-state index contributed by atoms with van der Waals surface area (Å²) in [5.74, 6) is 0.962. The predicted octanol–water partition coefficient (Wildman–Crippen LogP) is 3.27. The van der Waals surface area contributed by atoms with Gasteiger partial charge >= 0.3 is 0 Å². The quantitative estimate of drug-likeness (QED) is 0.713. The lowest BCUT2D eigenvalue weighted by Crippen LogP contribution is -2.18. The molecule has 0 N–H and O–H groups in total. The van der Waals surface area contributed by atoms with Gasteiger partial charge in [0.2, 0.25) is 0 Å². The topological polar surface area (TPSA) is 29.0 Å². The molecule has 0 bridgehead atoms. The normalized spacial score (nSPS) is 10.6. The molecule has 3 nitrogen and oxygen atoms in total. The lowest BCUT2D eigenvalue weighted by atomic mass is 10.2. The fourth-order valence-electron chi connectivity index (χ4n) is 2.08. The van der Waals surface area contributed by atoms with Gasteiger partial charge in [0.15, 0.2) is 0 Å². The molecule has 2 heterocycles. The smallest absolute Gasteiger partial charge is 0.129 e. The van der Waals surface area contributed by atoms with E-state index in [1.807, 2.05) is 55.7 Å². The van der Waals surface area contributed by atoms with Gasteiger partial charge in [0.05, 0.1) is 17.8 Å². The molecule has 3 heteroatoms. The van der Waals surface area contributed by atoms with Crippen molar-refractivity contribution in [3.8, 4) is 0 Å². The van der Waals surface area contributed by atoms with E-state index in [2.05, 4.69) is 27.0 Å². The van der Waals surface area contributed by atoms with Gasteiger partial charge in [-0.05, 0) is 30.3 Å². The summed E-state index contributed by atoms with van der Waals surface area (Å²) in [6.07, 6.45) is 1.82. The zero-order valence-corrected chi connectivity index (χ0v) is 10.8. The Labute approximate surface area is 112 Å². The minimum atomic E-state index is 0.756. The average Bonchev–Trinajstić information content (AvgIpc) is 2.48. The maximum Gasteiger partial charge on any atom is 0.129 e. The maximum atomic E-state index is 4.67. The molecule has 0 amide bonds. The first-order valence-electron chi connectivity index (χ1n) is 6.30. The monoisotopic (exact) mass is 249 g/mol. The molecular weight excluding hydrogens is 234 g/mol. The van der Waals surface area contributed by atoms with E-state index >= 15 is 0 Å². The van der Waals surface area contributed by atoms with E-state index in [0.717, 1.165) is 29.0 Å². The van der Waals surface area contributed by atoms with E-state index in [-0.39, 0.29) is 0 Å². The minimum Gasteiger partial charge on any atom is -0.354 e. The van der Waals surface area contributed by atoms with Crippen LogP contribution in [-0.2, 0) is 6.54 Å². The number of hydrogen-bond donors (Lipinski definition) is 0. The Hall–Kier alpha value is -2.42. The van der Waals surface area contributed by atoms with E-state index in [4.69, 9.17) is 0 Å². The van der Waals surface area contributed by atoms with Gasteiger partial charge in [-0.2, -0.15) is 0 Å². The van der Waals surface area contributed by atoms with Gasteiger partial charge < -0.3 is 4.90 Å². The largest absolute Gasteiger partial charge is 0.354 e. The van der Waals surface area contributed by atoms with Crippen LogP contribution in [0.5, 0.6) is 0 Å². The zero-order chi connectivity index (χ0) is 13.1. The second-order valence-electron chi connectivity index (χ2n) is 4.54. The fourth-order valence-corrected chi connectivity index (χ4v) is 2.08. The predicted molar refractivity (Wildman–Crippen MR) is 78.1 cm³/mol. The van der Waals surface area contributed by atoms with Crippen LogP contribution < -0.4 is 4.90 Å². The third kappa shape index (κ3) is 2.55. The molecule has 2 aromatic heterocycles. The molecule has 19 heavy (non-hydrogen) atoms. The maximum absolute atomic E-state index is 4.67. The van der Waals surface area contributed by atoms with Crippen LogP contribution in [0.3, 0.4) is 0 Å². The molecule has 0 aliphatic carbocycles. The highest BCUT2D eigenvalue weighted by molar-refractivity contribution is 5.80. The molecule has 0 aliphatic heterocycles. The highest BCUT2D eigenvalue weighted by Crippen LogP contribution is 2.17. The SMILES string of the molecule is CN(Cc1ccccn1)c1ccc2ccccc2n1. The van der Waals surface area contributed by atoms with Crippen molar-refractivity contribution in [1.82, 2.24) is 9.97 Å². The third-order valence-electron chi connectivity index (χ3n) is 3.10. The number of hydrogen-bond acceptors (Lipinski definition) is 3. The molecule has 3 aromatic rings. The fraction of sp³-hybridized carbons (Fsp3) is 0.125. The van der Waals surface area contributed by atoms with E-state index in [9.17, 15) is 0 Å². The number of rotatable bonds is 3. The van der Waals surface area contributed by atoms with E-state index in [1.165, 1.54) is 0 Å². The van der Waals surface area contributed by atoms with Crippen molar-refractivity contribution in [1.29, 1.82) is 0 Å². The lowest BCUT2D eigenvalue weighted by Gasteiger charge is -2.18. The number of anilines is 1. The van der Waals surface area contributed by atoms with Crippen molar-refractivity contribution >= 4 is 16.7 Å². The van der Waals surface area contributed by atoms with Gasteiger partial charge in [0.1, 0.15) is 5.82 Å². The van der Waals surface area contributed by atoms with Crippen molar-refractivity contribution in [2.24, 2.45) is 0 Å². The Morgan fingerprint density at radius 2 is 1.79 bits per heavy atom. The van der Waals surface area contributed by atoms with Crippen LogP contribution in [-0.4, -0.2) is 17.0 Å². The zero-order valence-electron chi connectivity index (χ0n) is 10.8. The first-order valence-corrected chi connectivity index (χ1v) is 6.30. The Bertz CT molecular complexity index is 680. The molecule has 94 valence electrons. The molecular formula is C16H15N3. The summed E-state index contributed by atoms with van der Waals surface area (Å²) < 4.78 is 0. The van der Waals surface area contributed by atoms with Crippen LogP contribution >= 0.6 is 0 Å². The van der Waals surface area contributed by atoms with Gasteiger partial charge in [0.25, 0.3) is 0 Å². The summed E-state index contributed by atoms with van der Waals surface area (Å²) >= 11 is 0. The van der Waals surface area contributed by atoms with Gasteiger partial charge in [-0.1, -0.05) is 24.3 Å². The molecule has 3 rings (SSSR count). The Morgan fingerprint density at radius 1 is 0.947 bits per heavy atom. The Morgan fingerprint density at radius 3 is 2.63 bits per heavy atom. The molecule has 0 aliphatic rings. The van der Waals surface area contributed by atoms with Crippen molar-refractivity contribution in [3.63, 3.8) is 0 Å². The average molecular weight is 249 g/mol. The number of para-hydroxylation sites is 1. The summed E-state index contributed by atoms with van der Waals surface area (Å²) in [6, 6.07) is 18.3. The van der Waals surface area contributed by atoms with Crippen LogP contribution in [0, 0.1) is 0 Å². The number of pyridine rings is 2. The van der Waals surface area contributed by atoms with Gasteiger partial charge in [-0.25, -0.2) is 4.98 Å². The molecule has 0 unspecified atom stereocenters. The standard InChI is InChI=1S/C16H15N3/c1-19(12-14-7-4-5-11-17-14)16-10-9-13-6-2-3-8-15(13)18-16/h2-11H,12H2,1H3. The molecule has 0 atom stereocenters. The molecule has 0 radical (unpaired) electrons. The summed E-state index contributed by atoms with van der Waals surface area (Å²) in [5, 5.41) is 1.16. The second kappa shape index (κ2) is 5.06. The third-order valence-corrected chi connectivity index (χ3v) is 3.10. The molecule has 0 spiro atoms.